The number of nitrogen functional groups attached to an aromatic ring is 1. The topological polar surface area (TPSA) is 38.0 Å². The Kier molecular flexibility index (Phi) is 4.62. The Morgan fingerprint density at radius 3 is 1.95 bits per heavy atom. The van der Waals surface area contributed by atoms with Crippen molar-refractivity contribution < 1.29 is 0 Å². The summed E-state index contributed by atoms with van der Waals surface area (Å²) < 4.78 is 0. The molecule has 0 heterocycles. The molecule has 2 aromatic rings. The van der Waals surface area contributed by atoms with Gasteiger partial charge in [0.05, 0.1) is 0 Å². The van der Waals surface area contributed by atoms with E-state index in [4.69, 9.17) is 5.73 Å². The number of nitrogens with two attached hydrogens (primary N) is 1. The fourth-order valence-corrected chi connectivity index (χ4v) is 1.78. The van der Waals surface area contributed by atoms with Gasteiger partial charge in [0.2, 0.25) is 0 Å². The van der Waals surface area contributed by atoms with Crippen molar-refractivity contribution in [2.45, 2.75) is 13.3 Å². The summed E-state index contributed by atoms with van der Waals surface area (Å²) in [6.07, 6.45) is 5.34. The maximum atomic E-state index is 5.66. The number of hydrogen-bond acceptors (Lipinski definition) is 2. The van der Waals surface area contributed by atoms with Gasteiger partial charge in [0, 0.05) is 17.9 Å². The van der Waals surface area contributed by atoms with Gasteiger partial charge < -0.3 is 11.1 Å². The van der Waals surface area contributed by atoms with E-state index in [2.05, 4.69) is 48.7 Å². The Bertz CT molecular complexity index is 524. The minimum Gasteiger partial charge on any atom is -0.399 e. The van der Waals surface area contributed by atoms with Crippen LogP contribution in [0, 0.1) is 0 Å². The zero-order valence-electron chi connectivity index (χ0n) is 11.3. The number of hydrogen-bond donors (Lipinski definition) is 2. The molecule has 0 aliphatic heterocycles. The van der Waals surface area contributed by atoms with Gasteiger partial charge in [0.1, 0.15) is 0 Å². The molecule has 0 unspecified atom stereocenters. The zero-order valence-corrected chi connectivity index (χ0v) is 11.3. The minimum absolute atomic E-state index is 0.795. The second-order valence-corrected chi connectivity index (χ2v) is 4.55. The van der Waals surface area contributed by atoms with E-state index >= 15 is 0 Å². The van der Waals surface area contributed by atoms with E-state index in [0.717, 1.165) is 24.2 Å². The molecular formula is C17H20N2. The van der Waals surface area contributed by atoms with E-state index in [1.165, 1.54) is 11.3 Å². The van der Waals surface area contributed by atoms with Gasteiger partial charge in [-0.1, -0.05) is 43.3 Å². The quantitative estimate of drug-likeness (QED) is 0.616. The van der Waals surface area contributed by atoms with Crippen LogP contribution in [0.25, 0.3) is 12.2 Å². The fraction of sp³-hybridized carbons (Fsp3) is 0.176. The predicted molar refractivity (Wildman–Crippen MR) is 85.0 cm³/mol. The first-order chi connectivity index (χ1) is 9.28. The van der Waals surface area contributed by atoms with Crippen LogP contribution in [-0.2, 0) is 0 Å². The van der Waals surface area contributed by atoms with E-state index in [-0.39, 0.29) is 0 Å². The summed E-state index contributed by atoms with van der Waals surface area (Å²) in [5.74, 6) is 0. The Morgan fingerprint density at radius 2 is 1.42 bits per heavy atom. The van der Waals surface area contributed by atoms with Crippen LogP contribution < -0.4 is 11.1 Å². The standard InChI is InChI=1S/C17H20N2/c1-2-13-19-17-11-7-15(8-12-17)4-3-14-5-9-16(18)10-6-14/h3-12,19H,2,13,18H2,1H3. The first-order valence-corrected chi connectivity index (χ1v) is 6.65. The maximum absolute atomic E-state index is 5.66. The van der Waals surface area contributed by atoms with Crippen molar-refractivity contribution in [3.63, 3.8) is 0 Å². The lowest BCUT2D eigenvalue weighted by molar-refractivity contribution is 0.980. The summed E-state index contributed by atoms with van der Waals surface area (Å²) in [6, 6.07) is 16.3. The molecule has 0 aromatic heterocycles. The van der Waals surface area contributed by atoms with Gasteiger partial charge in [-0.05, 0) is 41.8 Å². The lowest BCUT2D eigenvalue weighted by Crippen LogP contribution is -1.98. The predicted octanol–water partition coefficient (Wildman–Crippen LogP) is 4.26. The Morgan fingerprint density at radius 1 is 0.895 bits per heavy atom. The summed E-state index contributed by atoms with van der Waals surface area (Å²) >= 11 is 0. The van der Waals surface area contributed by atoms with Crippen LogP contribution in [-0.4, -0.2) is 6.54 Å². The van der Waals surface area contributed by atoms with Crippen molar-refractivity contribution in [2.24, 2.45) is 0 Å². The van der Waals surface area contributed by atoms with Crippen LogP contribution >= 0.6 is 0 Å². The van der Waals surface area contributed by atoms with Gasteiger partial charge in [0.25, 0.3) is 0 Å². The molecule has 2 rings (SSSR count). The lowest BCUT2D eigenvalue weighted by Gasteiger charge is -2.04. The van der Waals surface area contributed by atoms with Crippen molar-refractivity contribution in [1.82, 2.24) is 0 Å². The van der Waals surface area contributed by atoms with Crippen LogP contribution in [0.15, 0.2) is 48.5 Å². The second-order valence-electron chi connectivity index (χ2n) is 4.55. The lowest BCUT2D eigenvalue weighted by atomic mass is 10.1. The molecule has 2 nitrogen and oxygen atoms in total. The molecule has 19 heavy (non-hydrogen) atoms. The molecule has 0 atom stereocenters. The van der Waals surface area contributed by atoms with Gasteiger partial charge >= 0.3 is 0 Å². The summed E-state index contributed by atoms with van der Waals surface area (Å²) in [5, 5.41) is 3.36. The molecule has 0 amide bonds. The average Bonchev–Trinajstić information content (AvgIpc) is 2.46. The maximum Gasteiger partial charge on any atom is 0.0340 e. The normalized spacial score (nSPS) is 10.8. The summed E-state index contributed by atoms with van der Waals surface area (Å²) in [6.45, 7) is 3.18. The third-order valence-corrected chi connectivity index (χ3v) is 2.89. The van der Waals surface area contributed by atoms with Crippen LogP contribution in [0.5, 0.6) is 0 Å². The highest BCUT2D eigenvalue weighted by Crippen LogP contribution is 2.13. The fourth-order valence-electron chi connectivity index (χ4n) is 1.78. The Balaban J connectivity index is 2.00. The molecule has 0 aliphatic rings. The van der Waals surface area contributed by atoms with Crippen molar-refractivity contribution in [3.05, 3.63) is 59.7 Å². The minimum atomic E-state index is 0.795. The Labute approximate surface area is 115 Å². The smallest absolute Gasteiger partial charge is 0.0340 e. The molecular weight excluding hydrogens is 232 g/mol. The molecule has 0 spiro atoms. The highest BCUT2D eigenvalue weighted by atomic mass is 14.9. The third kappa shape index (κ3) is 4.18. The van der Waals surface area contributed by atoms with Crippen LogP contribution in [0.2, 0.25) is 0 Å². The van der Waals surface area contributed by atoms with Crippen molar-refractivity contribution >= 4 is 23.5 Å². The number of benzene rings is 2. The van der Waals surface area contributed by atoms with E-state index in [1.807, 2.05) is 24.3 Å². The molecule has 2 aromatic carbocycles. The van der Waals surface area contributed by atoms with E-state index < -0.39 is 0 Å². The SMILES string of the molecule is CCCNc1ccc(C=Cc2ccc(N)cc2)cc1. The molecule has 0 fully saturated rings. The zero-order chi connectivity index (χ0) is 13.5. The highest BCUT2D eigenvalue weighted by molar-refractivity contribution is 5.71. The number of nitrogens with one attached hydrogen (secondary N) is 1. The van der Waals surface area contributed by atoms with Crippen molar-refractivity contribution in [3.8, 4) is 0 Å². The summed E-state index contributed by atoms with van der Waals surface area (Å²) in [5.41, 5.74) is 9.98. The van der Waals surface area contributed by atoms with Crippen LogP contribution in [0.1, 0.15) is 24.5 Å². The number of rotatable bonds is 5. The molecule has 0 radical (unpaired) electrons. The number of anilines is 2. The Hall–Kier alpha value is -2.22. The molecule has 0 saturated carbocycles. The van der Waals surface area contributed by atoms with Crippen LogP contribution in [0.3, 0.4) is 0 Å². The van der Waals surface area contributed by atoms with Gasteiger partial charge in [0.15, 0.2) is 0 Å². The first kappa shape index (κ1) is 13.2. The van der Waals surface area contributed by atoms with Crippen molar-refractivity contribution in [1.29, 1.82) is 0 Å². The van der Waals surface area contributed by atoms with Crippen molar-refractivity contribution in [2.75, 3.05) is 17.6 Å². The molecule has 2 heteroatoms. The average molecular weight is 252 g/mol. The first-order valence-electron chi connectivity index (χ1n) is 6.65. The molecule has 98 valence electrons. The summed E-state index contributed by atoms with van der Waals surface area (Å²) in [4.78, 5) is 0. The third-order valence-electron chi connectivity index (χ3n) is 2.89. The van der Waals surface area contributed by atoms with Gasteiger partial charge in [-0.2, -0.15) is 0 Å². The van der Waals surface area contributed by atoms with E-state index in [0.29, 0.717) is 0 Å². The summed E-state index contributed by atoms with van der Waals surface area (Å²) in [7, 11) is 0. The van der Waals surface area contributed by atoms with Gasteiger partial charge in [-0.3, -0.25) is 0 Å². The van der Waals surface area contributed by atoms with E-state index in [1.54, 1.807) is 0 Å². The largest absolute Gasteiger partial charge is 0.399 e. The van der Waals surface area contributed by atoms with E-state index in [9.17, 15) is 0 Å². The van der Waals surface area contributed by atoms with Gasteiger partial charge in [-0.15, -0.1) is 0 Å². The highest BCUT2D eigenvalue weighted by Gasteiger charge is 1.91. The molecule has 3 N–H and O–H groups in total. The second kappa shape index (κ2) is 6.64. The van der Waals surface area contributed by atoms with Crippen LogP contribution in [0.4, 0.5) is 11.4 Å². The molecule has 0 aliphatic carbocycles. The molecule has 0 bridgehead atoms. The monoisotopic (exact) mass is 252 g/mol. The molecule has 0 saturated heterocycles. The van der Waals surface area contributed by atoms with Gasteiger partial charge in [-0.25, -0.2) is 0 Å².